The Morgan fingerprint density at radius 2 is 2.00 bits per heavy atom. The van der Waals surface area contributed by atoms with E-state index < -0.39 is 42.3 Å². The molecule has 1 aromatic rings. The molecule has 8 nitrogen and oxygen atoms in total. The second-order valence-electron chi connectivity index (χ2n) is 8.42. The molecule has 0 aliphatic carbocycles. The molecule has 2 unspecified atom stereocenters. The van der Waals surface area contributed by atoms with E-state index in [9.17, 15) is 18.4 Å². The lowest BCUT2D eigenvalue weighted by Crippen LogP contribution is -2.57. The fourth-order valence-corrected chi connectivity index (χ4v) is 3.23. The lowest BCUT2D eigenvalue weighted by atomic mass is 10.0. The fourth-order valence-electron chi connectivity index (χ4n) is 2.96. The average molecular weight is 451 g/mol. The maximum Gasteiger partial charge on any atom is 0.410 e. The molecular formula is C19H29ClF2N4O4. The number of halogens is 3. The number of aromatic nitrogens is 2. The van der Waals surface area contributed by atoms with Crippen LogP contribution in [0.15, 0.2) is 0 Å². The SMILES string of the molecule is CCc1[nH]c(C(=O)NC2CCN(C(=O)OC(C)(C)C)CC2OCC(C)(F)F)nc1Cl. The first kappa shape index (κ1) is 24.3. The maximum atomic E-state index is 13.3. The summed E-state index contributed by atoms with van der Waals surface area (Å²) in [6.07, 6.45) is -0.517. The van der Waals surface area contributed by atoms with Crippen molar-refractivity contribution in [1.82, 2.24) is 20.2 Å². The number of carbonyl (C=O) groups is 2. The molecule has 1 fully saturated rings. The number of aryl methyl sites for hydroxylation is 1. The fraction of sp³-hybridized carbons (Fsp3) is 0.737. The van der Waals surface area contributed by atoms with Gasteiger partial charge in [-0.1, -0.05) is 18.5 Å². The molecule has 1 aliphatic heterocycles. The second-order valence-corrected chi connectivity index (χ2v) is 8.78. The highest BCUT2D eigenvalue weighted by Crippen LogP contribution is 2.21. The lowest BCUT2D eigenvalue weighted by molar-refractivity contribution is -0.107. The van der Waals surface area contributed by atoms with Crippen molar-refractivity contribution < 1.29 is 27.8 Å². The number of alkyl halides is 2. The third-order valence-corrected chi connectivity index (χ3v) is 4.69. The van der Waals surface area contributed by atoms with Gasteiger partial charge in [0.2, 0.25) is 0 Å². The van der Waals surface area contributed by atoms with Gasteiger partial charge in [0.1, 0.15) is 12.2 Å². The van der Waals surface area contributed by atoms with Crippen LogP contribution in [-0.4, -0.2) is 70.2 Å². The Labute approximate surface area is 179 Å². The van der Waals surface area contributed by atoms with Crippen LogP contribution in [0.5, 0.6) is 0 Å². The van der Waals surface area contributed by atoms with Crippen LogP contribution in [0.4, 0.5) is 13.6 Å². The van der Waals surface area contributed by atoms with Crippen LogP contribution in [-0.2, 0) is 15.9 Å². The Kier molecular flexibility index (Phi) is 7.68. The molecule has 2 rings (SSSR count). The number of rotatable bonds is 6. The maximum absolute atomic E-state index is 13.3. The second kappa shape index (κ2) is 9.47. The molecule has 2 amide bonds. The van der Waals surface area contributed by atoms with Crippen molar-refractivity contribution in [3.8, 4) is 0 Å². The molecule has 0 aromatic carbocycles. The molecular weight excluding hydrogens is 422 g/mol. The van der Waals surface area contributed by atoms with E-state index in [1.807, 2.05) is 6.92 Å². The van der Waals surface area contributed by atoms with Gasteiger partial charge in [-0.2, -0.15) is 0 Å². The summed E-state index contributed by atoms with van der Waals surface area (Å²) in [4.78, 5) is 33.2. The quantitative estimate of drug-likeness (QED) is 0.692. The lowest BCUT2D eigenvalue weighted by Gasteiger charge is -2.39. The van der Waals surface area contributed by atoms with Crippen LogP contribution >= 0.6 is 11.6 Å². The molecule has 11 heteroatoms. The summed E-state index contributed by atoms with van der Waals surface area (Å²) in [5.41, 5.74) is -0.0650. The molecule has 2 atom stereocenters. The first-order valence-electron chi connectivity index (χ1n) is 9.81. The third-order valence-electron chi connectivity index (χ3n) is 4.38. The molecule has 2 N–H and O–H groups in total. The van der Waals surface area contributed by atoms with E-state index in [4.69, 9.17) is 21.1 Å². The van der Waals surface area contributed by atoms with Gasteiger partial charge in [-0.05, 0) is 33.6 Å². The van der Waals surface area contributed by atoms with E-state index in [1.165, 1.54) is 4.90 Å². The van der Waals surface area contributed by atoms with Crippen molar-refractivity contribution in [3.63, 3.8) is 0 Å². The molecule has 1 saturated heterocycles. The zero-order valence-electron chi connectivity index (χ0n) is 17.9. The smallest absolute Gasteiger partial charge is 0.410 e. The van der Waals surface area contributed by atoms with E-state index >= 15 is 0 Å². The molecule has 2 heterocycles. The van der Waals surface area contributed by atoms with Crippen LogP contribution < -0.4 is 5.32 Å². The zero-order chi connectivity index (χ0) is 22.7. The van der Waals surface area contributed by atoms with Gasteiger partial charge in [-0.25, -0.2) is 18.6 Å². The zero-order valence-corrected chi connectivity index (χ0v) is 18.6. The normalized spacial score (nSPS) is 20.2. The summed E-state index contributed by atoms with van der Waals surface area (Å²) in [7, 11) is 0. The predicted octanol–water partition coefficient (Wildman–Crippen LogP) is 3.41. The highest BCUT2D eigenvalue weighted by molar-refractivity contribution is 6.30. The largest absolute Gasteiger partial charge is 0.444 e. The molecule has 1 aromatic heterocycles. The summed E-state index contributed by atoms with van der Waals surface area (Å²) in [6.45, 7) is 7.28. The van der Waals surface area contributed by atoms with Gasteiger partial charge in [0.15, 0.2) is 11.0 Å². The van der Waals surface area contributed by atoms with E-state index in [2.05, 4.69) is 15.3 Å². The van der Waals surface area contributed by atoms with E-state index in [0.29, 0.717) is 18.5 Å². The number of nitrogens with one attached hydrogen (secondary N) is 2. The third kappa shape index (κ3) is 7.09. The number of ether oxygens (including phenoxy) is 2. The van der Waals surface area contributed by atoms with Crippen LogP contribution in [0.3, 0.4) is 0 Å². The summed E-state index contributed by atoms with van der Waals surface area (Å²) in [6, 6.07) is -0.590. The molecule has 170 valence electrons. The van der Waals surface area contributed by atoms with Gasteiger partial charge in [0, 0.05) is 13.5 Å². The number of piperidine rings is 1. The van der Waals surface area contributed by atoms with Crippen molar-refractivity contribution in [2.24, 2.45) is 0 Å². The number of H-pyrrole nitrogens is 1. The standard InChI is InChI=1S/C19H29ClF2N4O4/c1-6-11-14(20)25-15(23-11)16(27)24-12-7-8-26(17(28)30-18(2,3)4)9-13(12)29-10-19(5,21)22/h12-13H,6-10H2,1-5H3,(H,23,25)(H,24,27). The molecule has 0 spiro atoms. The van der Waals surface area contributed by atoms with Crippen molar-refractivity contribution in [3.05, 3.63) is 16.7 Å². The minimum absolute atomic E-state index is 0.00899. The number of likely N-dealkylation sites (tertiary alicyclic amines) is 1. The highest BCUT2D eigenvalue weighted by atomic mass is 35.5. The van der Waals surface area contributed by atoms with E-state index in [-0.39, 0.29) is 24.1 Å². The van der Waals surface area contributed by atoms with E-state index in [0.717, 1.165) is 6.92 Å². The Balaban J connectivity index is 2.10. The Hall–Kier alpha value is -1.94. The van der Waals surface area contributed by atoms with Gasteiger partial charge < -0.3 is 24.7 Å². The monoisotopic (exact) mass is 450 g/mol. The number of amides is 2. The average Bonchev–Trinajstić information content (AvgIpc) is 2.99. The van der Waals surface area contributed by atoms with Gasteiger partial charge in [-0.3, -0.25) is 4.79 Å². The topological polar surface area (TPSA) is 96.6 Å². The Morgan fingerprint density at radius 1 is 1.33 bits per heavy atom. The minimum Gasteiger partial charge on any atom is -0.444 e. The molecule has 0 saturated carbocycles. The number of hydrogen-bond acceptors (Lipinski definition) is 5. The van der Waals surface area contributed by atoms with Crippen LogP contribution in [0.25, 0.3) is 0 Å². The number of hydrogen-bond donors (Lipinski definition) is 2. The van der Waals surface area contributed by atoms with Gasteiger partial charge in [-0.15, -0.1) is 0 Å². The van der Waals surface area contributed by atoms with Crippen molar-refractivity contribution in [2.75, 3.05) is 19.7 Å². The predicted molar refractivity (Wildman–Crippen MR) is 107 cm³/mol. The molecule has 1 aliphatic rings. The number of carbonyl (C=O) groups excluding carboxylic acids is 2. The number of nitrogens with zero attached hydrogens (tertiary/aromatic N) is 2. The molecule has 0 bridgehead atoms. The van der Waals surface area contributed by atoms with Crippen LogP contribution in [0.1, 0.15) is 57.4 Å². The minimum atomic E-state index is -3.05. The molecule has 30 heavy (non-hydrogen) atoms. The van der Waals surface area contributed by atoms with E-state index in [1.54, 1.807) is 20.8 Å². The Morgan fingerprint density at radius 3 is 2.53 bits per heavy atom. The first-order chi connectivity index (χ1) is 13.8. The highest BCUT2D eigenvalue weighted by Gasteiger charge is 2.37. The summed E-state index contributed by atoms with van der Waals surface area (Å²) in [5.74, 6) is -3.54. The summed E-state index contributed by atoms with van der Waals surface area (Å²) in [5, 5.41) is 2.96. The van der Waals surface area contributed by atoms with Crippen LogP contribution in [0, 0.1) is 0 Å². The van der Waals surface area contributed by atoms with Crippen molar-refractivity contribution in [1.29, 1.82) is 0 Å². The number of imidazole rings is 1. The van der Waals surface area contributed by atoms with Crippen molar-refractivity contribution in [2.45, 2.75) is 71.1 Å². The van der Waals surface area contributed by atoms with Gasteiger partial charge in [0.05, 0.1) is 24.4 Å². The summed E-state index contributed by atoms with van der Waals surface area (Å²) < 4.78 is 37.4. The van der Waals surface area contributed by atoms with Crippen LogP contribution in [0.2, 0.25) is 5.15 Å². The van der Waals surface area contributed by atoms with Gasteiger partial charge in [0.25, 0.3) is 11.8 Å². The number of aromatic amines is 1. The van der Waals surface area contributed by atoms with Crippen molar-refractivity contribution >= 4 is 23.6 Å². The molecule has 0 radical (unpaired) electrons. The van der Waals surface area contributed by atoms with Gasteiger partial charge >= 0.3 is 6.09 Å². The Bertz CT molecular complexity index is 761. The summed E-state index contributed by atoms with van der Waals surface area (Å²) >= 11 is 5.98. The first-order valence-corrected chi connectivity index (χ1v) is 10.2.